The molecule has 1 aliphatic rings. The molecular formula is C13H17N3O3. The molecule has 1 fully saturated rings. The molecule has 1 amide bonds. The van der Waals surface area contributed by atoms with Gasteiger partial charge in [0, 0.05) is 31.4 Å². The molecule has 102 valence electrons. The molecule has 0 spiro atoms. The molecule has 6 nitrogen and oxygen atoms in total. The number of aromatic nitrogens is 2. The van der Waals surface area contributed by atoms with Crippen molar-refractivity contribution in [1.82, 2.24) is 14.7 Å². The van der Waals surface area contributed by atoms with Gasteiger partial charge in [0.1, 0.15) is 6.04 Å². The van der Waals surface area contributed by atoms with Gasteiger partial charge in [-0.3, -0.25) is 9.48 Å². The second-order valence-corrected chi connectivity index (χ2v) is 4.49. The highest BCUT2D eigenvalue weighted by Crippen LogP contribution is 2.19. The third-order valence-corrected chi connectivity index (χ3v) is 3.15. The van der Waals surface area contributed by atoms with Crippen molar-refractivity contribution in [2.75, 3.05) is 13.7 Å². The maximum atomic E-state index is 12.1. The van der Waals surface area contributed by atoms with Crippen LogP contribution in [0.25, 0.3) is 6.08 Å². The Bertz CT molecular complexity index is 507. The third kappa shape index (κ3) is 3.01. The Hall–Kier alpha value is -2.11. The monoisotopic (exact) mass is 263 g/mol. The number of carbonyl (C=O) groups excluding carboxylic acids is 2. The van der Waals surface area contributed by atoms with E-state index in [1.165, 1.54) is 13.2 Å². The van der Waals surface area contributed by atoms with Gasteiger partial charge in [-0.05, 0) is 18.9 Å². The number of rotatable bonds is 3. The summed E-state index contributed by atoms with van der Waals surface area (Å²) in [5, 5.41) is 4.01. The van der Waals surface area contributed by atoms with Crippen LogP contribution in [0.5, 0.6) is 0 Å². The van der Waals surface area contributed by atoms with Gasteiger partial charge in [0.25, 0.3) is 0 Å². The molecule has 1 unspecified atom stereocenters. The lowest BCUT2D eigenvalue weighted by molar-refractivity contribution is -0.149. The zero-order chi connectivity index (χ0) is 13.8. The first-order valence-electron chi connectivity index (χ1n) is 6.17. The van der Waals surface area contributed by atoms with Crippen LogP contribution in [-0.2, 0) is 21.4 Å². The van der Waals surface area contributed by atoms with Crippen molar-refractivity contribution in [3.8, 4) is 0 Å². The Morgan fingerprint density at radius 3 is 2.95 bits per heavy atom. The van der Waals surface area contributed by atoms with Crippen LogP contribution in [-0.4, -0.2) is 46.3 Å². The Morgan fingerprint density at radius 1 is 1.53 bits per heavy atom. The predicted molar refractivity (Wildman–Crippen MR) is 69.0 cm³/mol. The number of amides is 1. The number of aryl methyl sites for hydroxylation is 1. The minimum Gasteiger partial charge on any atom is -0.467 e. The lowest BCUT2D eigenvalue weighted by Crippen LogP contribution is -2.40. The highest BCUT2D eigenvalue weighted by Gasteiger charge is 2.33. The highest BCUT2D eigenvalue weighted by molar-refractivity contribution is 5.94. The molecule has 0 saturated carbocycles. The van der Waals surface area contributed by atoms with Crippen molar-refractivity contribution in [2.45, 2.75) is 18.9 Å². The van der Waals surface area contributed by atoms with E-state index in [9.17, 15) is 9.59 Å². The molecule has 1 aromatic rings. The molecule has 6 heteroatoms. The standard InChI is InChI=1S/C13H17N3O3/c1-15-9-10(8-14-15)5-6-12(17)16-7-3-4-11(16)13(18)19-2/h5-6,8-9,11H,3-4,7H2,1-2H3/b6-5+. The highest BCUT2D eigenvalue weighted by atomic mass is 16.5. The maximum Gasteiger partial charge on any atom is 0.328 e. The minimum absolute atomic E-state index is 0.170. The van der Waals surface area contributed by atoms with E-state index >= 15 is 0 Å². The van der Waals surface area contributed by atoms with E-state index in [4.69, 9.17) is 4.74 Å². The fourth-order valence-electron chi connectivity index (χ4n) is 2.20. The van der Waals surface area contributed by atoms with Crippen molar-refractivity contribution in [1.29, 1.82) is 0 Å². The first-order chi connectivity index (χ1) is 9.11. The number of carbonyl (C=O) groups is 2. The Kier molecular flexibility index (Phi) is 3.99. The molecule has 19 heavy (non-hydrogen) atoms. The molecule has 1 aromatic heterocycles. The third-order valence-electron chi connectivity index (χ3n) is 3.15. The summed E-state index contributed by atoms with van der Waals surface area (Å²) in [5.41, 5.74) is 0.852. The smallest absolute Gasteiger partial charge is 0.328 e. The molecule has 0 aromatic carbocycles. The molecule has 2 rings (SSSR count). The number of ether oxygens (including phenoxy) is 1. The van der Waals surface area contributed by atoms with Crippen LogP contribution in [0.15, 0.2) is 18.5 Å². The van der Waals surface area contributed by atoms with E-state index in [-0.39, 0.29) is 11.9 Å². The van der Waals surface area contributed by atoms with Gasteiger partial charge >= 0.3 is 5.97 Å². The topological polar surface area (TPSA) is 64.4 Å². The van der Waals surface area contributed by atoms with Crippen LogP contribution in [0, 0.1) is 0 Å². The lowest BCUT2D eigenvalue weighted by atomic mass is 10.2. The van der Waals surface area contributed by atoms with Crippen LogP contribution < -0.4 is 0 Å². The van der Waals surface area contributed by atoms with E-state index in [0.717, 1.165) is 12.0 Å². The van der Waals surface area contributed by atoms with Gasteiger partial charge in [-0.1, -0.05) is 0 Å². The van der Waals surface area contributed by atoms with Crippen molar-refractivity contribution >= 4 is 18.0 Å². The second-order valence-electron chi connectivity index (χ2n) is 4.49. The van der Waals surface area contributed by atoms with Crippen LogP contribution in [0.2, 0.25) is 0 Å². The Morgan fingerprint density at radius 2 is 2.32 bits per heavy atom. The van der Waals surface area contributed by atoms with Crippen molar-refractivity contribution in [3.05, 3.63) is 24.0 Å². The molecule has 0 radical (unpaired) electrons. The number of likely N-dealkylation sites (tertiary alicyclic amines) is 1. The molecule has 0 aliphatic carbocycles. The Balaban J connectivity index is 2.03. The normalized spacial score (nSPS) is 19.1. The van der Waals surface area contributed by atoms with Gasteiger partial charge in [-0.15, -0.1) is 0 Å². The fourth-order valence-corrected chi connectivity index (χ4v) is 2.20. The van der Waals surface area contributed by atoms with Crippen LogP contribution in [0.3, 0.4) is 0 Å². The summed E-state index contributed by atoms with van der Waals surface area (Å²) >= 11 is 0. The summed E-state index contributed by atoms with van der Waals surface area (Å²) in [6.07, 6.45) is 8.14. The second kappa shape index (κ2) is 5.69. The van der Waals surface area contributed by atoms with Gasteiger partial charge in [0.15, 0.2) is 0 Å². The van der Waals surface area contributed by atoms with Crippen LogP contribution in [0.4, 0.5) is 0 Å². The van der Waals surface area contributed by atoms with Gasteiger partial charge in [0.2, 0.25) is 5.91 Å². The van der Waals surface area contributed by atoms with Crippen molar-refractivity contribution in [3.63, 3.8) is 0 Å². The number of nitrogens with zero attached hydrogens (tertiary/aromatic N) is 3. The van der Waals surface area contributed by atoms with Crippen molar-refractivity contribution < 1.29 is 14.3 Å². The molecule has 1 atom stereocenters. The average Bonchev–Trinajstić information content (AvgIpc) is 3.03. The zero-order valence-corrected chi connectivity index (χ0v) is 11.1. The van der Waals surface area contributed by atoms with Gasteiger partial charge in [-0.2, -0.15) is 5.10 Å². The van der Waals surface area contributed by atoms with Gasteiger partial charge < -0.3 is 9.64 Å². The summed E-state index contributed by atoms with van der Waals surface area (Å²) < 4.78 is 6.37. The van der Waals surface area contributed by atoms with Gasteiger partial charge in [-0.25, -0.2) is 4.79 Å². The van der Waals surface area contributed by atoms with Crippen molar-refractivity contribution in [2.24, 2.45) is 7.05 Å². The van der Waals surface area contributed by atoms with E-state index in [1.54, 1.807) is 21.9 Å². The number of esters is 1. The number of hydrogen-bond acceptors (Lipinski definition) is 4. The predicted octanol–water partition coefficient (Wildman–Crippen LogP) is 0.597. The maximum absolute atomic E-state index is 12.1. The molecule has 1 aliphatic heterocycles. The first kappa shape index (κ1) is 13.3. The first-order valence-corrected chi connectivity index (χ1v) is 6.17. The molecule has 1 saturated heterocycles. The molecule has 0 N–H and O–H groups in total. The lowest BCUT2D eigenvalue weighted by Gasteiger charge is -2.20. The number of methoxy groups -OCH3 is 1. The summed E-state index contributed by atoms with van der Waals surface area (Å²) in [7, 11) is 3.15. The van der Waals surface area contributed by atoms with E-state index in [1.807, 2.05) is 13.2 Å². The summed E-state index contributed by atoms with van der Waals surface area (Å²) in [6.45, 7) is 0.593. The summed E-state index contributed by atoms with van der Waals surface area (Å²) in [5.74, 6) is -0.516. The van der Waals surface area contributed by atoms with Crippen LogP contribution >= 0.6 is 0 Å². The largest absolute Gasteiger partial charge is 0.467 e. The molecule has 0 bridgehead atoms. The van der Waals surface area contributed by atoms with E-state index < -0.39 is 6.04 Å². The minimum atomic E-state index is -0.448. The SMILES string of the molecule is COC(=O)C1CCCN1C(=O)/C=C/c1cnn(C)c1. The Labute approximate surface area is 111 Å². The quantitative estimate of drug-likeness (QED) is 0.591. The van der Waals surface area contributed by atoms with Gasteiger partial charge in [0.05, 0.1) is 13.3 Å². The molecule has 2 heterocycles. The summed E-state index contributed by atoms with van der Waals surface area (Å²) in [6, 6.07) is -0.448. The van der Waals surface area contributed by atoms with E-state index in [2.05, 4.69) is 5.10 Å². The van der Waals surface area contributed by atoms with E-state index in [0.29, 0.717) is 13.0 Å². The number of hydrogen-bond donors (Lipinski definition) is 0. The fraction of sp³-hybridized carbons (Fsp3) is 0.462. The van der Waals surface area contributed by atoms with Crippen LogP contribution in [0.1, 0.15) is 18.4 Å². The molecular weight excluding hydrogens is 246 g/mol. The summed E-state index contributed by atoms with van der Waals surface area (Å²) in [4.78, 5) is 25.2. The average molecular weight is 263 g/mol. The zero-order valence-electron chi connectivity index (χ0n) is 11.1.